The lowest BCUT2D eigenvalue weighted by atomic mass is 10.1. The van der Waals surface area contributed by atoms with Crippen molar-refractivity contribution in [2.45, 2.75) is 25.8 Å². The molecule has 0 radical (unpaired) electrons. The van der Waals surface area contributed by atoms with E-state index in [1.54, 1.807) is 6.07 Å². The first-order chi connectivity index (χ1) is 8.19. The van der Waals surface area contributed by atoms with Crippen LogP contribution in [0.5, 0.6) is 0 Å². The minimum atomic E-state index is 0.491. The molecule has 1 atom stereocenters. The summed E-state index contributed by atoms with van der Waals surface area (Å²) in [5.74, 6) is 0. The minimum Gasteiger partial charge on any atom is -0.399 e. The highest BCUT2D eigenvalue weighted by Crippen LogP contribution is 2.26. The van der Waals surface area contributed by atoms with Crippen LogP contribution >= 0.6 is 11.6 Å². The average Bonchev–Trinajstić information content (AvgIpc) is 2.33. The molecule has 1 fully saturated rings. The zero-order valence-corrected chi connectivity index (χ0v) is 11.0. The third kappa shape index (κ3) is 3.27. The molecule has 4 heteroatoms. The summed E-state index contributed by atoms with van der Waals surface area (Å²) in [6.45, 7) is 5.63. The lowest BCUT2D eigenvalue weighted by Crippen LogP contribution is -2.41. The van der Waals surface area contributed by atoms with Crippen molar-refractivity contribution in [1.29, 1.82) is 0 Å². The molecule has 0 aliphatic carbocycles. The van der Waals surface area contributed by atoms with Gasteiger partial charge in [0.05, 0.1) is 10.7 Å². The van der Waals surface area contributed by atoms with Gasteiger partial charge in [-0.2, -0.15) is 0 Å². The summed E-state index contributed by atoms with van der Waals surface area (Å²) in [7, 11) is 0. The van der Waals surface area contributed by atoms with Gasteiger partial charge in [-0.05, 0) is 44.1 Å². The van der Waals surface area contributed by atoms with Gasteiger partial charge in [0, 0.05) is 18.3 Å². The van der Waals surface area contributed by atoms with Gasteiger partial charge >= 0.3 is 0 Å². The normalized spacial score (nSPS) is 21.4. The van der Waals surface area contributed by atoms with Gasteiger partial charge in [0.1, 0.15) is 0 Å². The number of benzene rings is 1. The van der Waals surface area contributed by atoms with Crippen molar-refractivity contribution in [2.24, 2.45) is 0 Å². The molecule has 0 spiro atoms. The molecule has 1 unspecified atom stereocenters. The molecule has 0 aromatic heterocycles. The zero-order valence-electron chi connectivity index (χ0n) is 10.2. The second kappa shape index (κ2) is 5.61. The molecule has 0 amide bonds. The molecule has 0 bridgehead atoms. The Morgan fingerprint density at radius 3 is 3.06 bits per heavy atom. The van der Waals surface area contributed by atoms with Crippen molar-refractivity contribution < 1.29 is 0 Å². The van der Waals surface area contributed by atoms with Gasteiger partial charge in [-0.3, -0.25) is 0 Å². The number of nitrogens with zero attached hydrogens (tertiary/aromatic N) is 1. The summed E-state index contributed by atoms with van der Waals surface area (Å²) >= 11 is 6.16. The van der Waals surface area contributed by atoms with Crippen LogP contribution in [0.25, 0.3) is 0 Å². The Bertz CT molecular complexity index is 381. The fraction of sp³-hybridized carbons (Fsp3) is 0.538. The second-order valence-electron chi connectivity index (χ2n) is 4.62. The number of nitrogen functional groups attached to an aromatic ring is 1. The molecule has 2 rings (SSSR count). The molecule has 1 aliphatic heterocycles. The Kier molecular flexibility index (Phi) is 4.13. The summed E-state index contributed by atoms with van der Waals surface area (Å²) in [5, 5.41) is 4.22. The number of rotatable bonds is 3. The van der Waals surface area contributed by atoms with E-state index in [9.17, 15) is 0 Å². The van der Waals surface area contributed by atoms with Crippen molar-refractivity contribution in [3.63, 3.8) is 0 Å². The standard InChI is InChI=1S/C13H20ClN3/c1-2-17-7-3-4-11(9-17)16-13-6-5-10(15)8-12(13)14/h5-6,8,11,16H,2-4,7,9,15H2,1H3. The number of likely N-dealkylation sites (N-methyl/N-ethyl adjacent to an activating group) is 1. The van der Waals surface area contributed by atoms with E-state index in [4.69, 9.17) is 17.3 Å². The van der Waals surface area contributed by atoms with Crippen molar-refractivity contribution >= 4 is 23.0 Å². The van der Waals surface area contributed by atoms with Crippen molar-refractivity contribution in [2.75, 3.05) is 30.7 Å². The monoisotopic (exact) mass is 253 g/mol. The predicted octanol–water partition coefficient (Wildman–Crippen LogP) is 2.82. The smallest absolute Gasteiger partial charge is 0.0658 e. The fourth-order valence-electron chi connectivity index (χ4n) is 2.33. The van der Waals surface area contributed by atoms with Crippen LogP contribution in [0, 0.1) is 0 Å². The summed E-state index contributed by atoms with van der Waals surface area (Å²) in [6, 6.07) is 6.13. The van der Waals surface area contributed by atoms with Gasteiger partial charge in [-0.1, -0.05) is 18.5 Å². The Labute approximate surface area is 108 Å². The first-order valence-corrected chi connectivity index (χ1v) is 6.60. The molecule has 1 aromatic rings. The highest BCUT2D eigenvalue weighted by Gasteiger charge is 2.18. The molecule has 1 aliphatic rings. The lowest BCUT2D eigenvalue weighted by molar-refractivity contribution is 0.227. The van der Waals surface area contributed by atoms with Crippen LogP contribution in [0.15, 0.2) is 18.2 Å². The first-order valence-electron chi connectivity index (χ1n) is 6.23. The molecule has 1 saturated heterocycles. The summed E-state index contributed by atoms with van der Waals surface area (Å²) in [6.07, 6.45) is 2.45. The van der Waals surface area contributed by atoms with E-state index in [-0.39, 0.29) is 0 Å². The van der Waals surface area contributed by atoms with Gasteiger partial charge in [0.2, 0.25) is 0 Å². The Hall–Kier alpha value is -0.930. The van der Waals surface area contributed by atoms with E-state index in [2.05, 4.69) is 17.1 Å². The number of nitrogens with two attached hydrogens (primary N) is 1. The molecular weight excluding hydrogens is 234 g/mol. The van der Waals surface area contributed by atoms with E-state index >= 15 is 0 Å². The fourth-order valence-corrected chi connectivity index (χ4v) is 2.57. The Balaban J connectivity index is 2.00. The summed E-state index contributed by atoms with van der Waals surface area (Å²) in [4.78, 5) is 2.46. The molecule has 94 valence electrons. The van der Waals surface area contributed by atoms with Gasteiger partial charge in [-0.25, -0.2) is 0 Å². The molecule has 0 saturated carbocycles. The van der Waals surface area contributed by atoms with Crippen LogP contribution in [-0.2, 0) is 0 Å². The number of anilines is 2. The topological polar surface area (TPSA) is 41.3 Å². The van der Waals surface area contributed by atoms with E-state index in [0.717, 1.165) is 18.8 Å². The molecule has 17 heavy (non-hydrogen) atoms. The quantitative estimate of drug-likeness (QED) is 0.814. The SMILES string of the molecule is CCN1CCCC(Nc2ccc(N)cc2Cl)C1. The number of nitrogens with one attached hydrogen (secondary N) is 1. The molecule has 3 nitrogen and oxygen atoms in total. The van der Waals surface area contributed by atoms with Crippen LogP contribution in [0.3, 0.4) is 0 Å². The maximum absolute atomic E-state index is 6.16. The third-order valence-electron chi connectivity index (χ3n) is 3.31. The van der Waals surface area contributed by atoms with Crippen LogP contribution in [-0.4, -0.2) is 30.6 Å². The maximum atomic E-state index is 6.16. The average molecular weight is 254 g/mol. The van der Waals surface area contributed by atoms with Gasteiger partial charge in [-0.15, -0.1) is 0 Å². The Morgan fingerprint density at radius 2 is 2.35 bits per heavy atom. The highest BCUT2D eigenvalue weighted by molar-refractivity contribution is 6.33. The van der Waals surface area contributed by atoms with Crippen LogP contribution in [0.1, 0.15) is 19.8 Å². The molecule has 1 heterocycles. The number of hydrogen-bond donors (Lipinski definition) is 2. The van der Waals surface area contributed by atoms with E-state index < -0.39 is 0 Å². The lowest BCUT2D eigenvalue weighted by Gasteiger charge is -2.33. The minimum absolute atomic E-state index is 0.491. The number of halogens is 1. The first kappa shape index (κ1) is 12.5. The van der Waals surface area contributed by atoms with Gasteiger partial charge in [0.15, 0.2) is 0 Å². The number of likely N-dealkylation sites (tertiary alicyclic amines) is 1. The van der Waals surface area contributed by atoms with E-state index in [0.29, 0.717) is 16.8 Å². The van der Waals surface area contributed by atoms with Gasteiger partial charge in [0.25, 0.3) is 0 Å². The summed E-state index contributed by atoms with van der Waals surface area (Å²) in [5.41, 5.74) is 7.38. The largest absolute Gasteiger partial charge is 0.399 e. The van der Waals surface area contributed by atoms with E-state index in [1.807, 2.05) is 12.1 Å². The van der Waals surface area contributed by atoms with Crippen molar-refractivity contribution in [3.05, 3.63) is 23.2 Å². The number of piperidine rings is 1. The third-order valence-corrected chi connectivity index (χ3v) is 3.62. The van der Waals surface area contributed by atoms with Crippen molar-refractivity contribution in [3.8, 4) is 0 Å². The predicted molar refractivity (Wildman–Crippen MR) is 74.6 cm³/mol. The second-order valence-corrected chi connectivity index (χ2v) is 5.02. The molecular formula is C13H20ClN3. The van der Waals surface area contributed by atoms with Crippen molar-refractivity contribution in [1.82, 2.24) is 4.90 Å². The maximum Gasteiger partial charge on any atom is 0.0658 e. The van der Waals surface area contributed by atoms with Gasteiger partial charge < -0.3 is 16.0 Å². The van der Waals surface area contributed by atoms with Crippen LogP contribution in [0.4, 0.5) is 11.4 Å². The number of hydrogen-bond acceptors (Lipinski definition) is 3. The molecule has 3 N–H and O–H groups in total. The highest BCUT2D eigenvalue weighted by atomic mass is 35.5. The Morgan fingerprint density at radius 1 is 1.53 bits per heavy atom. The zero-order chi connectivity index (χ0) is 12.3. The van der Waals surface area contributed by atoms with Crippen LogP contribution in [0.2, 0.25) is 5.02 Å². The summed E-state index contributed by atoms with van der Waals surface area (Å²) < 4.78 is 0. The van der Waals surface area contributed by atoms with E-state index in [1.165, 1.54) is 19.4 Å². The van der Waals surface area contributed by atoms with Crippen LogP contribution < -0.4 is 11.1 Å². The molecule has 1 aromatic carbocycles.